The van der Waals surface area contributed by atoms with Crippen molar-refractivity contribution in [1.82, 2.24) is 0 Å². The first-order chi connectivity index (χ1) is 9.41. The summed E-state index contributed by atoms with van der Waals surface area (Å²) >= 11 is 0. The van der Waals surface area contributed by atoms with Crippen molar-refractivity contribution >= 4 is 21.6 Å². The van der Waals surface area contributed by atoms with Crippen molar-refractivity contribution in [3.8, 4) is 5.75 Å². The van der Waals surface area contributed by atoms with Crippen LogP contribution in [0.4, 0.5) is 5.69 Å². The van der Waals surface area contributed by atoms with Gasteiger partial charge in [0.1, 0.15) is 5.75 Å². The molecule has 6 nitrogen and oxygen atoms in total. The monoisotopic (exact) mass is 298 g/mol. The fourth-order valence-corrected chi connectivity index (χ4v) is 2.92. The molecule has 1 aromatic rings. The quantitative estimate of drug-likeness (QED) is 0.879. The van der Waals surface area contributed by atoms with Crippen LogP contribution in [0.15, 0.2) is 23.1 Å². The summed E-state index contributed by atoms with van der Waals surface area (Å²) in [6.07, 6.45) is 3.82. The first-order valence-electron chi connectivity index (χ1n) is 6.43. The van der Waals surface area contributed by atoms with Gasteiger partial charge in [0.2, 0.25) is 15.9 Å². The lowest BCUT2D eigenvalue weighted by atomic mass is 10.1. The van der Waals surface area contributed by atoms with Gasteiger partial charge < -0.3 is 10.1 Å². The van der Waals surface area contributed by atoms with Gasteiger partial charge in [-0.05, 0) is 31.0 Å². The third-order valence-corrected chi connectivity index (χ3v) is 4.39. The molecule has 1 amide bonds. The summed E-state index contributed by atoms with van der Waals surface area (Å²) in [4.78, 5) is 12.0. The Balaban J connectivity index is 2.26. The predicted octanol–water partition coefficient (Wildman–Crippen LogP) is 1.47. The van der Waals surface area contributed by atoms with Crippen LogP contribution >= 0.6 is 0 Å². The molecular weight excluding hydrogens is 280 g/mol. The number of sulfonamides is 1. The molecule has 1 saturated carbocycles. The molecule has 0 spiro atoms. The third-order valence-electron chi connectivity index (χ3n) is 3.48. The summed E-state index contributed by atoms with van der Waals surface area (Å²) in [5.41, 5.74) is 0.330. The number of nitrogens with two attached hydrogens (primary N) is 1. The van der Waals surface area contributed by atoms with Gasteiger partial charge in [0.15, 0.2) is 0 Å². The lowest BCUT2D eigenvalue weighted by Crippen LogP contribution is -2.21. The van der Waals surface area contributed by atoms with Crippen LogP contribution in [0.2, 0.25) is 0 Å². The average molecular weight is 298 g/mol. The molecule has 20 heavy (non-hydrogen) atoms. The number of nitrogens with one attached hydrogen (secondary N) is 1. The second-order valence-corrected chi connectivity index (χ2v) is 6.44. The van der Waals surface area contributed by atoms with E-state index in [1.807, 2.05) is 0 Å². The van der Waals surface area contributed by atoms with Gasteiger partial charge in [0.05, 0.1) is 17.7 Å². The number of hydrogen-bond acceptors (Lipinski definition) is 4. The molecule has 0 bridgehead atoms. The third kappa shape index (κ3) is 3.29. The first kappa shape index (κ1) is 14.8. The summed E-state index contributed by atoms with van der Waals surface area (Å²) in [5, 5.41) is 7.82. The van der Waals surface area contributed by atoms with Gasteiger partial charge in [-0.25, -0.2) is 13.6 Å². The van der Waals surface area contributed by atoms with Crippen molar-refractivity contribution in [3.05, 3.63) is 18.2 Å². The number of anilines is 1. The minimum Gasteiger partial charge on any atom is -0.495 e. The maximum Gasteiger partial charge on any atom is 0.238 e. The Morgan fingerprint density at radius 3 is 2.55 bits per heavy atom. The molecule has 1 aliphatic carbocycles. The lowest BCUT2D eigenvalue weighted by molar-refractivity contribution is -0.119. The number of primary sulfonamides is 1. The molecule has 7 heteroatoms. The zero-order chi connectivity index (χ0) is 14.8. The number of rotatable bonds is 4. The Morgan fingerprint density at radius 1 is 1.35 bits per heavy atom. The minimum atomic E-state index is -3.81. The Morgan fingerprint density at radius 2 is 2.00 bits per heavy atom. The van der Waals surface area contributed by atoms with Gasteiger partial charge in [-0.3, -0.25) is 4.79 Å². The number of ether oxygens (including phenoxy) is 1. The molecule has 0 radical (unpaired) electrons. The van der Waals surface area contributed by atoms with Crippen LogP contribution < -0.4 is 15.2 Å². The van der Waals surface area contributed by atoms with Crippen LogP contribution in [0.1, 0.15) is 25.7 Å². The van der Waals surface area contributed by atoms with Crippen molar-refractivity contribution < 1.29 is 17.9 Å². The molecule has 1 aliphatic rings. The second kappa shape index (κ2) is 5.80. The smallest absolute Gasteiger partial charge is 0.238 e. The van der Waals surface area contributed by atoms with E-state index in [0.717, 1.165) is 25.7 Å². The van der Waals surface area contributed by atoms with Gasteiger partial charge in [0.25, 0.3) is 0 Å². The number of benzene rings is 1. The van der Waals surface area contributed by atoms with E-state index in [-0.39, 0.29) is 16.7 Å². The number of methoxy groups -OCH3 is 1. The molecule has 1 fully saturated rings. The highest BCUT2D eigenvalue weighted by Crippen LogP contribution is 2.30. The number of carbonyl (C=O) groups is 1. The topological polar surface area (TPSA) is 98.5 Å². The van der Waals surface area contributed by atoms with Crippen LogP contribution in [0.3, 0.4) is 0 Å². The van der Waals surface area contributed by atoms with E-state index in [1.54, 1.807) is 0 Å². The molecule has 0 heterocycles. The fourth-order valence-electron chi connectivity index (χ4n) is 2.38. The fraction of sp³-hybridized carbons (Fsp3) is 0.462. The second-order valence-electron chi connectivity index (χ2n) is 4.88. The zero-order valence-corrected chi connectivity index (χ0v) is 12.1. The SMILES string of the molecule is COc1ccc(S(N)(=O)=O)cc1NC(=O)C1CCCC1. The van der Waals surface area contributed by atoms with Gasteiger partial charge >= 0.3 is 0 Å². The van der Waals surface area contributed by atoms with E-state index < -0.39 is 10.0 Å². The Hall–Kier alpha value is -1.60. The van der Waals surface area contributed by atoms with Crippen molar-refractivity contribution in [2.45, 2.75) is 30.6 Å². The highest BCUT2D eigenvalue weighted by Gasteiger charge is 2.24. The van der Waals surface area contributed by atoms with Crippen LogP contribution in [0.5, 0.6) is 5.75 Å². The average Bonchev–Trinajstić information content (AvgIpc) is 2.91. The largest absolute Gasteiger partial charge is 0.495 e. The van der Waals surface area contributed by atoms with Crippen LogP contribution in [-0.2, 0) is 14.8 Å². The van der Waals surface area contributed by atoms with E-state index in [9.17, 15) is 13.2 Å². The molecular formula is C13H18N2O4S. The highest BCUT2D eigenvalue weighted by molar-refractivity contribution is 7.89. The molecule has 2 rings (SSSR count). The highest BCUT2D eigenvalue weighted by atomic mass is 32.2. The molecule has 0 unspecified atom stereocenters. The van der Waals surface area contributed by atoms with E-state index in [4.69, 9.17) is 9.88 Å². The Kier molecular flexibility index (Phi) is 4.29. The van der Waals surface area contributed by atoms with E-state index in [0.29, 0.717) is 11.4 Å². The molecule has 0 aliphatic heterocycles. The summed E-state index contributed by atoms with van der Waals surface area (Å²) in [7, 11) is -2.36. The van der Waals surface area contributed by atoms with Crippen LogP contribution in [-0.4, -0.2) is 21.4 Å². The molecule has 0 aromatic heterocycles. The maximum atomic E-state index is 12.1. The normalized spacial score (nSPS) is 16.1. The van der Waals surface area contributed by atoms with Crippen LogP contribution in [0, 0.1) is 5.92 Å². The Bertz CT molecular complexity index is 607. The summed E-state index contributed by atoms with van der Waals surface area (Å²) in [6, 6.07) is 4.14. The van der Waals surface area contributed by atoms with Gasteiger partial charge in [-0.1, -0.05) is 12.8 Å². The van der Waals surface area contributed by atoms with E-state index in [1.165, 1.54) is 25.3 Å². The molecule has 110 valence electrons. The van der Waals surface area contributed by atoms with Crippen molar-refractivity contribution in [1.29, 1.82) is 0 Å². The van der Waals surface area contributed by atoms with E-state index in [2.05, 4.69) is 5.32 Å². The van der Waals surface area contributed by atoms with Gasteiger partial charge in [-0.2, -0.15) is 0 Å². The lowest BCUT2D eigenvalue weighted by Gasteiger charge is -2.14. The molecule has 0 atom stereocenters. The minimum absolute atomic E-state index is 0.0159. The van der Waals surface area contributed by atoms with Crippen molar-refractivity contribution in [2.24, 2.45) is 11.1 Å². The van der Waals surface area contributed by atoms with E-state index >= 15 is 0 Å². The molecule has 0 saturated heterocycles. The molecule has 1 aromatic carbocycles. The first-order valence-corrected chi connectivity index (χ1v) is 7.98. The summed E-state index contributed by atoms with van der Waals surface area (Å²) in [5.74, 6) is 0.286. The summed E-state index contributed by atoms with van der Waals surface area (Å²) in [6.45, 7) is 0. The van der Waals surface area contributed by atoms with Gasteiger partial charge in [-0.15, -0.1) is 0 Å². The Labute approximate surface area is 118 Å². The predicted molar refractivity (Wildman–Crippen MR) is 75.0 cm³/mol. The molecule has 3 N–H and O–H groups in total. The summed E-state index contributed by atoms with van der Waals surface area (Å²) < 4.78 is 27.8. The number of hydrogen-bond donors (Lipinski definition) is 2. The van der Waals surface area contributed by atoms with Crippen molar-refractivity contribution in [2.75, 3.05) is 12.4 Å². The van der Waals surface area contributed by atoms with Crippen molar-refractivity contribution in [3.63, 3.8) is 0 Å². The standard InChI is InChI=1S/C13H18N2O4S/c1-19-12-7-6-10(20(14,17)18)8-11(12)15-13(16)9-4-2-3-5-9/h6-9H,2-5H2,1H3,(H,15,16)(H2,14,17,18). The zero-order valence-electron chi connectivity index (χ0n) is 11.3. The van der Waals surface area contributed by atoms with Crippen LogP contribution in [0.25, 0.3) is 0 Å². The maximum absolute atomic E-state index is 12.1. The van der Waals surface area contributed by atoms with Gasteiger partial charge in [0, 0.05) is 5.92 Å². The number of carbonyl (C=O) groups excluding carboxylic acids is 1. The number of amides is 1.